The van der Waals surface area contributed by atoms with Gasteiger partial charge in [-0.25, -0.2) is 14.6 Å². The van der Waals surface area contributed by atoms with Gasteiger partial charge in [0.05, 0.1) is 24.4 Å². The largest absolute Gasteiger partial charge is 0.378 e. The number of hydrogen-bond donors (Lipinski definition) is 0. The zero-order valence-corrected chi connectivity index (χ0v) is 13.7. The van der Waals surface area contributed by atoms with Crippen molar-refractivity contribution in [2.75, 3.05) is 42.6 Å². The van der Waals surface area contributed by atoms with Crippen molar-refractivity contribution in [1.82, 2.24) is 24.7 Å². The van der Waals surface area contributed by atoms with Crippen LogP contribution in [0, 0.1) is 0 Å². The number of hydrogen-bond acceptors (Lipinski definition) is 7. The molecule has 0 aromatic carbocycles. The van der Waals surface area contributed by atoms with Gasteiger partial charge in [0.1, 0.15) is 6.33 Å². The smallest absolute Gasteiger partial charge is 0.280 e. The number of carbonyl (C=O) groups excluding carboxylic acids is 1. The number of rotatable bonds is 2. The Morgan fingerprint density at radius 2 is 2.00 bits per heavy atom. The van der Waals surface area contributed by atoms with E-state index in [0.717, 1.165) is 13.0 Å². The van der Waals surface area contributed by atoms with Gasteiger partial charge in [0.2, 0.25) is 11.9 Å². The van der Waals surface area contributed by atoms with Crippen LogP contribution in [-0.2, 0) is 11.3 Å². The average Bonchev–Trinajstić information content (AvgIpc) is 3.11. The van der Waals surface area contributed by atoms with Crippen molar-refractivity contribution < 1.29 is 9.53 Å². The summed E-state index contributed by atoms with van der Waals surface area (Å²) < 4.78 is 7.04. The molecule has 1 amide bonds. The summed E-state index contributed by atoms with van der Waals surface area (Å²) in [6.45, 7) is 3.91. The first-order chi connectivity index (χ1) is 11.7. The molecule has 0 unspecified atom stereocenters. The summed E-state index contributed by atoms with van der Waals surface area (Å²) in [5.41, 5.74) is 0.185. The summed E-state index contributed by atoms with van der Waals surface area (Å²) in [5, 5.41) is 4.35. The molecule has 4 heterocycles. The molecule has 1 saturated heterocycles. The standard InChI is InChI=1S/C14H16ClN7O2/c15-10-8-16-13(20-4-6-24-7-5-20)19-11(10)12(23)21-2-1-3-22-14(21)17-9-18-22/h8-9H,1-7H2. The lowest BCUT2D eigenvalue weighted by Crippen LogP contribution is -2.40. The van der Waals surface area contributed by atoms with Gasteiger partial charge in [-0.05, 0) is 6.42 Å². The molecule has 0 aliphatic carbocycles. The minimum atomic E-state index is -0.286. The molecule has 10 heteroatoms. The van der Waals surface area contributed by atoms with Crippen LogP contribution in [0.4, 0.5) is 11.9 Å². The predicted octanol–water partition coefficient (Wildman–Crippen LogP) is 0.609. The fourth-order valence-electron chi connectivity index (χ4n) is 2.85. The van der Waals surface area contributed by atoms with Gasteiger partial charge in [-0.3, -0.25) is 9.69 Å². The molecule has 0 saturated carbocycles. The first-order valence-electron chi connectivity index (χ1n) is 7.79. The molecular formula is C14H16ClN7O2. The number of anilines is 2. The molecule has 0 radical (unpaired) electrons. The molecule has 0 N–H and O–H groups in total. The Morgan fingerprint density at radius 1 is 1.17 bits per heavy atom. The zero-order chi connectivity index (χ0) is 16.5. The average molecular weight is 350 g/mol. The van der Waals surface area contributed by atoms with E-state index in [2.05, 4.69) is 20.1 Å². The number of amides is 1. The molecule has 2 aliphatic rings. The number of halogens is 1. The quantitative estimate of drug-likeness (QED) is 0.784. The van der Waals surface area contributed by atoms with Gasteiger partial charge in [-0.2, -0.15) is 10.1 Å². The molecule has 4 rings (SSSR count). The van der Waals surface area contributed by atoms with Crippen molar-refractivity contribution in [3.05, 3.63) is 23.2 Å². The Labute approximate surface area is 143 Å². The van der Waals surface area contributed by atoms with Crippen LogP contribution in [0.15, 0.2) is 12.5 Å². The summed E-state index contributed by atoms with van der Waals surface area (Å²) in [4.78, 5) is 29.3. The fraction of sp³-hybridized carbons (Fsp3) is 0.500. The minimum absolute atomic E-state index is 0.185. The highest BCUT2D eigenvalue weighted by atomic mass is 35.5. The molecule has 2 aliphatic heterocycles. The van der Waals surface area contributed by atoms with Crippen molar-refractivity contribution >= 4 is 29.4 Å². The Morgan fingerprint density at radius 3 is 2.83 bits per heavy atom. The number of aryl methyl sites for hydroxylation is 1. The molecule has 2 aromatic heterocycles. The van der Waals surface area contributed by atoms with Crippen LogP contribution in [0.25, 0.3) is 0 Å². The molecule has 126 valence electrons. The Hall–Kier alpha value is -2.26. The van der Waals surface area contributed by atoms with Crippen LogP contribution in [0.2, 0.25) is 5.02 Å². The van der Waals surface area contributed by atoms with Gasteiger partial charge in [0.15, 0.2) is 5.69 Å². The highest BCUT2D eigenvalue weighted by molar-refractivity contribution is 6.34. The van der Waals surface area contributed by atoms with Crippen LogP contribution in [0.3, 0.4) is 0 Å². The summed E-state index contributed by atoms with van der Waals surface area (Å²) in [6, 6.07) is 0. The lowest BCUT2D eigenvalue weighted by molar-refractivity contribution is 0.0975. The molecule has 1 fully saturated rings. The maximum absolute atomic E-state index is 12.9. The molecular weight excluding hydrogens is 334 g/mol. The second-order valence-corrected chi connectivity index (χ2v) is 5.97. The number of aromatic nitrogens is 5. The maximum Gasteiger partial charge on any atom is 0.280 e. The predicted molar refractivity (Wildman–Crippen MR) is 86.4 cm³/mol. The lowest BCUT2D eigenvalue weighted by atomic mass is 10.3. The number of carbonyl (C=O) groups is 1. The van der Waals surface area contributed by atoms with E-state index in [1.165, 1.54) is 12.5 Å². The van der Waals surface area contributed by atoms with Crippen LogP contribution >= 0.6 is 11.6 Å². The van der Waals surface area contributed by atoms with Gasteiger partial charge in [0, 0.05) is 26.2 Å². The topological polar surface area (TPSA) is 89.3 Å². The first-order valence-corrected chi connectivity index (χ1v) is 8.17. The van der Waals surface area contributed by atoms with Crippen LogP contribution in [-0.4, -0.2) is 63.5 Å². The molecule has 0 atom stereocenters. The Balaban J connectivity index is 1.65. The number of morpholine rings is 1. The van der Waals surface area contributed by atoms with E-state index in [4.69, 9.17) is 16.3 Å². The van der Waals surface area contributed by atoms with E-state index in [1.54, 1.807) is 9.58 Å². The minimum Gasteiger partial charge on any atom is -0.378 e. The third-order valence-corrected chi connectivity index (χ3v) is 4.34. The Kier molecular flexibility index (Phi) is 4.03. The third-order valence-electron chi connectivity index (χ3n) is 4.06. The van der Waals surface area contributed by atoms with Crippen LogP contribution < -0.4 is 9.80 Å². The van der Waals surface area contributed by atoms with Gasteiger partial charge < -0.3 is 9.64 Å². The van der Waals surface area contributed by atoms with Crippen molar-refractivity contribution in [2.45, 2.75) is 13.0 Å². The van der Waals surface area contributed by atoms with E-state index in [0.29, 0.717) is 44.7 Å². The SMILES string of the molecule is O=C(c1nc(N2CCOCC2)ncc1Cl)N1CCCn2ncnc21. The fourth-order valence-corrected chi connectivity index (χ4v) is 3.02. The maximum atomic E-state index is 12.9. The van der Waals surface area contributed by atoms with Gasteiger partial charge in [0.25, 0.3) is 5.91 Å². The summed E-state index contributed by atoms with van der Waals surface area (Å²) in [6.07, 6.45) is 3.73. The summed E-state index contributed by atoms with van der Waals surface area (Å²) >= 11 is 6.19. The number of fused-ring (bicyclic) bond motifs is 1. The summed E-state index contributed by atoms with van der Waals surface area (Å²) in [7, 11) is 0. The van der Waals surface area contributed by atoms with Crippen molar-refractivity contribution in [2.24, 2.45) is 0 Å². The second-order valence-electron chi connectivity index (χ2n) is 5.56. The third kappa shape index (κ3) is 2.69. The van der Waals surface area contributed by atoms with Crippen molar-refractivity contribution in [1.29, 1.82) is 0 Å². The van der Waals surface area contributed by atoms with Gasteiger partial charge in [-0.1, -0.05) is 11.6 Å². The molecule has 24 heavy (non-hydrogen) atoms. The molecule has 9 nitrogen and oxygen atoms in total. The molecule has 0 spiro atoms. The van der Waals surface area contributed by atoms with Gasteiger partial charge in [-0.15, -0.1) is 0 Å². The van der Waals surface area contributed by atoms with Gasteiger partial charge >= 0.3 is 0 Å². The van der Waals surface area contributed by atoms with E-state index >= 15 is 0 Å². The number of nitrogens with zero attached hydrogens (tertiary/aromatic N) is 7. The van der Waals surface area contributed by atoms with Crippen molar-refractivity contribution in [3.8, 4) is 0 Å². The van der Waals surface area contributed by atoms with Crippen LogP contribution in [0.5, 0.6) is 0 Å². The van der Waals surface area contributed by atoms with Crippen LogP contribution in [0.1, 0.15) is 16.9 Å². The highest BCUT2D eigenvalue weighted by Crippen LogP contribution is 2.23. The number of ether oxygens (including phenoxy) is 1. The zero-order valence-electron chi connectivity index (χ0n) is 12.9. The van der Waals surface area contributed by atoms with Crippen molar-refractivity contribution in [3.63, 3.8) is 0 Å². The van der Waals surface area contributed by atoms with E-state index in [-0.39, 0.29) is 16.6 Å². The lowest BCUT2D eigenvalue weighted by Gasteiger charge is -2.28. The normalized spacial score (nSPS) is 17.7. The second kappa shape index (κ2) is 6.33. The monoisotopic (exact) mass is 349 g/mol. The van der Waals surface area contributed by atoms with E-state index < -0.39 is 0 Å². The Bertz CT molecular complexity index is 759. The molecule has 0 bridgehead atoms. The summed E-state index contributed by atoms with van der Waals surface area (Å²) in [5.74, 6) is 0.726. The highest BCUT2D eigenvalue weighted by Gasteiger charge is 2.29. The van der Waals surface area contributed by atoms with E-state index in [1.807, 2.05) is 4.90 Å². The van der Waals surface area contributed by atoms with E-state index in [9.17, 15) is 4.79 Å². The molecule has 2 aromatic rings. The first kappa shape index (κ1) is 15.3.